The van der Waals surface area contributed by atoms with Crippen molar-refractivity contribution in [3.8, 4) is 16.9 Å². The molecule has 0 spiro atoms. The molecule has 0 aromatic heterocycles. The lowest BCUT2D eigenvalue weighted by atomic mass is 9.81. The second-order valence-electron chi connectivity index (χ2n) is 10.4. The number of rotatable bonds is 7. The van der Waals surface area contributed by atoms with Gasteiger partial charge in [0.05, 0.1) is 11.1 Å². The van der Waals surface area contributed by atoms with Crippen LogP contribution in [-0.2, 0) is 9.59 Å². The summed E-state index contributed by atoms with van der Waals surface area (Å²) in [5.74, 6) is -1.38. The minimum atomic E-state index is -4.87. The number of hydrogen-bond donors (Lipinski definition) is 3. The van der Waals surface area contributed by atoms with E-state index in [1.165, 1.54) is 36.4 Å². The number of carbonyl (C=O) groups is 3. The molecule has 0 bridgehead atoms. The zero-order valence-corrected chi connectivity index (χ0v) is 22.5. The molecule has 0 radical (unpaired) electrons. The highest BCUT2D eigenvalue weighted by molar-refractivity contribution is 6.33. The summed E-state index contributed by atoms with van der Waals surface area (Å²) in [5, 5.41) is 13.7. The summed E-state index contributed by atoms with van der Waals surface area (Å²) < 4.78 is 42.7. The van der Waals surface area contributed by atoms with E-state index in [0.29, 0.717) is 24.2 Å². The van der Waals surface area contributed by atoms with Gasteiger partial charge >= 0.3 is 12.5 Å². The first kappa shape index (κ1) is 30.2. The summed E-state index contributed by atoms with van der Waals surface area (Å²) in [6, 6.07) is 9.12. The van der Waals surface area contributed by atoms with Crippen LogP contribution < -0.4 is 15.4 Å². The second-order valence-corrected chi connectivity index (χ2v) is 10.8. The fraction of sp³-hybridized carbons (Fsp3) is 0.444. The number of para-hydroxylation sites is 1. The summed E-state index contributed by atoms with van der Waals surface area (Å²) in [6.45, 7) is 6.33. The third kappa shape index (κ3) is 8.34. The van der Waals surface area contributed by atoms with Crippen molar-refractivity contribution >= 4 is 35.2 Å². The van der Waals surface area contributed by atoms with E-state index in [9.17, 15) is 27.6 Å². The Morgan fingerprint density at radius 1 is 1.10 bits per heavy atom. The van der Waals surface area contributed by atoms with Crippen molar-refractivity contribution in [1.82, 2.24) is 10.2 Å². The predicted molar refractivity (Wildman–Crippen MR) is 141 cm³/mol. The number of nitrogens with one attached hydrogen (secondary N) is 2. The van der Waals surface area contributed by atoms with Gasteiger partial charge in [-0.25, -0.2) is 4.79 Å². The standard InChI is InChI=1S/C27H31ClF3N3O5/c1-26(2,3)22(15-23(35)33-25(37)38)34-13-7-6-9-20(34)24(36)32-16-11-12-17(19(28)14-16)18-8-4-5-10-21(18)39-27(29,30)31/h4-5,8,10-12,14,20,22H,6-7,9,13,15H2,1-3H3,(H,32,36)(H,33,35)(H,37,38)/t20?,22-/m1/s1. The molecule has 2 atom stereocenters. The number of benzene rings is 2. The molecule has 1 aliphatic rings. The number of carbonyl (C=O) groups excluding carboxylic acids is 2. The third-order valence-corrected chi connectivity index (χ3v) is 6.82. The molecule has 3 rings (SSSR count). The van der Waals surface area contributed by atoms with Gasteiger partial charge in [0.25, 0.3) is 0 Å². The molecule has 12 heteroatoms. The Balaban J connectivity index is 1.82. The summed E-state index contributed by atoms with van der Waals surface area (Å²) in [4.78, 5) is 38.6. The molecule has 1 aliphatic heterocycles. The number of hydrogen-bond acceptors (Lipinski definition) is 5. The highest BCUT2D eigenvalue weighted by Gasteiger charge is 2.40. The first-order valence-corrected chi connectivity index (χ1v) is 12.8. The Hall–Kier alpha value is -3.31. The SMILES string of the molecule is CC(C)(C)[C@@H](CC(=O)NC(=O)O)N1CCCCC1C(=O)Nc1ccc(-c2ccccc2OC(F)(F)F)c(Cl)c1. The Labute approximate surface area is 229 Å². The van der Waals surface area contributed by atoms with Crippen molar-refractivity contribution < 1.29 is 37.4 Å². The summed E-state index contributed by atoms with van der Waals surface area (Å²) in [6.07, 6.45) is -4.26. The van der Waals surface area contributed by atoms with E-state index >= 15 is 0 Å². The van der Waals surface area contributed by atoms with E-state index in [0.717, 1.165) is 12.8 Å². The van der Waals surface area contributed by atoms with Gasteiger partial charge in [-0.1, -0.05) is 63.1 Å². The number of nitrogens with zero attached hydrogens (tertiary/aromatic N) is 1. The lowest BCUT2D eigenvalue weighted by molar-refractivity contribution is -0.274. The van der Waals surface area contributed by atoms with Crippen molar-refractivity contribution in [1.29, 1.82) is 0 Å². The molecule has 1 fully saturated rings. The van der Waals surface area contributed by atoms with E-state index in [-0.39, 0.29) is 22.9 Å². The molecule has 0 saturated carbocycles. The minimum absolute atomic E-state index is 0.0977. The van der Waals surface area contributed by atoms with Gasteiger partial charge in [0.1, 0.15) is 5.75 Å². The largest absolute Gasteiger partial charge is 0.573 e. The van der Waals surface area contributed by atoms with Gasteiger partial charge in [-0.15, -0.1) is 13.2 Å². The number of piperidine rings is 1. The molecule has 3 N–H and O–H groups in total. The molecule has 2 aromatic rings. The van der Waals surface area contributed by atoms with Gasteiger partial charge in [-0.2, -0.15) is 0 Å². The lowest BCUT2D eigenvalue weighted by Crippen LogP contribution is -2.56. The number of imide groups is 1. The molecule has 1 saturated heterocycles. The fourth-order valence-corrected chi connectivity index (χ4v) is 5.10. The van der Waals surface area contributed by atoms with E-state index in [1.807, 2.05) is 31.0 Å². The minimum Gasteiger partial charge on any atom is -0.465 e. The maximum absolute atomic E-state index is 13.4. The van der Waals surface area contributed by atoms with E-state index in [4.69, 9.17) is 16.7 Å². The van der Waals surface area contributed by atoms with Gasteiger partial charge in [-0.3, -0.25) is 19.8 Å². The number of ether oxygens (including phenoxy) is 1. The molecule has 1 heterocycles. The second kappa shape index (κ2) is 12.3. The van der Waals surface area contributed by atoms with Crippen molar-refractivity contribution in [2.24, 2.45) is 5.41 Å². The molecule has 3 amide bonds. The summed E-state index contributed by atoms with van der Waals surface area (Å²) in [5.41, 5.74) is 0.349. The molecule has 212 valence electrons. The maximum Gasteiger partial charge on any atom is 0.573 e. The van der Waals surface area contributed by atoms with Crippen molar-refractivity contribution in [2.45, 2.75) is 64.9 Å². The average molecular weight is 570 g/mol. The van der Waals surface area contributed by atoms with Crippen LogP contribution >= 0.6 is 11.6 Å². The van der Waals surface area contributed by atoms with Gasteiger partial charge in [0, 0.05) is 29.3 Å². The highest BCUT2D eigenvalue weighted by atomic mass is 35.5. The zero-order valence-electron chi connectivity index (χ0n) is 21.8. The number of alkyl halides is 3. The molecule has 2 aromatic carbocycles. The van der Waals surface area contributed by atoms with Gasteiger partial charge in [-0.05, 0) is 43.0 Å². The number of anilines is 1. The molecular formula is C27H31ClF3N3O5. The molecule has 1 unspecified atom stereocenters. The molecule has 39 heavy (non-hydrogen) atoms. The first-order valence-electron chi connectivity index (χ1n) is 12.4. The van der Waals surface area contributed by atoms with Crippen LogP contribution in [0.2, 0.25) is 5.02 Å². The van der Waals surface area contributed by atoms with Crippen LogP contribution in [-0.4, -0.2) is 52.9 Å². The smallest absolute Gasteiger partial charge is 0.465 e. The Kier molecular flexibility index (Phi) is 9.50. The summed E-state index contributed by atoms with van der Waals surface area (Å²) >= 11 is 6.42. The van der Waals surface area contributed by atoms with Crippen molar-refractivity contribution in [3.05, 3.63) is 47.5 Å². The number of amides is 3. The maximum atomic E-state index is 13.4. The topological polar surface area (TPSA) is 108 Å². The van der Waals surface area contributed by atoms with Crippen LogP contribution in [0.1, 0.15) is 46.5 Å². The number of halogens is 4. The van der Waals surface area contributed by atoms with Gasteiger partial charge < -0.3 is 15.2 Å². The van der Waals surface area contributed by atoms with E-state index < -0.39 is 41.6 Å². The molecule has 0 aliphatic carbocycles. The Morgan fingerprint density at radius 3 is 2.41 bits per heavy atom. The van der Waals surface area contributed by atoms with E-state index in [1.54, 1.807) is 6.07 Å². The monoisotopic (exact) mass is 569 g/mol. The summed E-state index contributed by atoms with van der Waals surface area (Å²) in [7, 11) is 0. The van der Waals surface area contributed by atoms with Gasteiger partial charge in [0.15, 0.2) is 0 Å². The van der Waals surface area contributed by atoms with Crippen LogP contribution in [0.4, 0.5) is 23.7 Å². The quantitative estimate of drug-likeness (QED) is 0.361. The van der Waals surface area contributed by atoms with E-state index in [2.05, 4.69) is 10.1 Å². The van der Waals surface area contributed by atoms with Crippen molar-refractivity contribution in [3.63, 3.8) is 0 Å². The van der Waals surface area contributed by atoms with Crippen LogP contribution in [0.25, 0.3) is 11.1 Å². The Morgan fingerprint density at radius 2 is 1.79 bits per heavy atom. The zero-order chi connectivity index (χ0) is 29.0. The predicted octanol–water partition coefficient (Wildman–Crippen LogP) is 6.30. The molecular weight excluding hydrogens is 539 g/mol. The number of carboxylic acid groups (broad SMARTS) is 1. The fourth-order valence-electron chi connectivity index (χ4n) is 4.81. The normalized spacial score (nSPS) is 17.3. The first-order chi connectivity index (χ1) is 18.2. The lowest BCUT2D eigenvalue weighted by Gasteiger charge is -2.45. The average Bonchev–Trinajstić information content (AvgIpc) is 2.81. The van der Waals surface area contributed by atoms with Crippen molar-refractivity contribution in [2.75, 3.05) is 11.9 Å². The Bertz CT molecular complexity index is 1220. The van der Waals surface area contributed by atoms with Crippen LogP contribution in [0, 0.1) is 5.41 Å². The number of likely N-dealkylation sites (tertiary alicyclic amines) is 1. The van der Waals surface area contributed by atoms with Crippen LogP contribution in [0.3, 0.4) is 0 Å². The van der Waals surface area contributed by atoms with Crippen LogP contribution in [0.5, 0.6) is 5.75 Å². The third-order valence-electron chi connectivity index (χ3n) is 6.51. The highest BCUT2D eigenvalue weighted by Crippen LogP contribution is 2.38. The molecule has 8 nitrogen and oxygen atoms in total. The van der Waals surface area contributed by atoms with Gasteiger partial charge in [0.2, 0.25) is 11.8 Å². The van der Waals surface area contributed by atoms with Crippen LogP contribution in [0.15, 0.2) is 42.5 Å².